The fourth-order valence-corrected chi connectivity index (χ4v) is 6.12. The highest BCUT2D eigenvalue weighted by molar-refractivity contribution is 7.93. The number of benzene rings is 1. The summed E-state index contributed by atoms with van der Waals surface area (Å²) in [6.07, 6.45) is 1.47. The lowest BCUT2D eigenvalue weighted by Crippen LogP contribution is -2.63. The van der Waals surface area contributed by atoms with Gasteiger partial charge in [0, 0.05) is 17.8 Å². The van der Waals surface area contributed by atoms with Gasteiger partial charge in [0.25, 0.3) is 5.91 Å². The number of aromatic nitrogens is 3. The van der Waals surface area contributed by atoms with Crippen LogP contribution in [0.1, 0.15) is 56.6 Å². The monoisotopic (exact) mass is 458 g/mol. The molecule has 0 atom stereocenters. The summed E-state index contributed by atoms with van der Waals surface area (Å²) in [5.41, 5.74) is 1.26. The molecule has 1 amide bonds. The van der Waals surface area contributed by atoms with Gasteiger partial charge in [0.1, 0.15) is 16.9 Å². The van der Waals surface area contributed by atoms with Crippen molar-refractivity contribution in [3.8, 4) is 11.3 Å². The molecule has 3 aromatic rings. The summed E-state index contributed by atoms with van der Waals surface area (Å²) in [7, 11) is -3.08. The Hall–Kier alpha value is -2.81. The van der Waals surface area contributed by atoms with Crippen molar-refractivity contribution < 1.29 is 17.6 Å². The van der Waals surface area contributed by atoms with Crippen LogP contribution < -0.4 is 5.32 Å². The Morgan fingerprint density at radius 2 is 1.94 bits per heavy atom. The van der Waals surface area contributed by atoms with Gasteiger partial charge in [-0.2, -0.15) is 5.10 Å². The molecule has 1 saturated heterocycles. The zero-order valence-corrected chi connectivity index (χ0v) is 19.6. The maximum atomic E-state index is 14.5. The first kappa shape index (κ1) is 22.4. The fourth-order valence-electron chi connectivity index (χ4n) is 4.11. The minimum atomic E-state index is -3.08. The zero-order chi connectivity index (χ0) is 23.5. The molecule has 4 rings (SSSR count). The van der Waals surface area contributed by atoms with Crippen molar-refractivity contribution in [3.05, 3.63) is 47.7 Å². The van der Waals surface area contributed by atoms with Crippen LogP contribution in [0.15, 0.2) is 36.5 Å². The number of alkyl halides is 1. The highest BCUT2D eigenvalue weighted by atomic mass is 32.2. The van der Waals surface area contributed by atoms with Crippen LogP contribution in [-0.2, 0) is 15.5 Å². The molecule has 7 nitrogen and oxygen atoms in total. The van der Waals surface area contributed by atoms with Crippen molar-refractivity contribution in [2.75, 3.05) is 11.5 Å². The fraction of sp³-hybridized carbons (Fsp3) is 0.435. The van der Waals surface area contributed by atoms with Gasteiger partial charge >= 0.3 is 0 Å². The van der Waals surface area contributed by atoms with Gasteiger partial charge in [0.2, 0.25) is 0 Å². The zero-order valence-electron chi connectivity index (χ0n) is 18.8. The lowest BCUT2D eigenvalue weighted by molar-refractivity contribution is 0.0916. The number of sulfone groups is 1. The van der Waals surface area contributed by atoms with Gasteiger partial charge in [-0.3, -0.25) is 14.5 Å². The van der Waals surface area contributed by atoms with Gasteiger partial charge in [0.15, 0.2) is 9.84 Å². The van der Waals surface area contributed by atoms with Crippen molar-refractivity contribution in [2.24, 2.45) is 0 Å². The molecule has 1 fully saturated rings. The quantitative estimate of drug-likeness (QED) is 0.628. The number of halogens is 1. The summed E-state index contributed by atoms with van der Waals surface area (Å²) in [5, 5.41) is 7.54. The van der Waals surface area contributed by atoms with Crippen LogP contribution in [-0.4, -0.2) is 46.1 Å². The summed E-state index contributed by atoms with van der Waals surface area (Å²) < 4.78 is 39.4. The Balaban J connectivity index is 1.75. The highest BCUT2D eigenvalue weighted by Gasteiger charge is 2.45. The number of hydrogen-bond acceptors (Lipinski definition) is 5. The average molecular weight is 459 g/mol. The maximum absolute atomic E-state index is 14.5. The number of carbonyl (C=O) groups is 1. The number of amides is 1. The van der Waals surface area contributed by atoms with E-state index in [2.05, 4.69) is 10.3 Å². The first-order chi connectivity index (χ1) is 14.8. The summed E-state index contributed by atoms with van der Waals surface area (Å²) in [4.78, 5) is 17.3. The van der Waals surface area contributed by atoms with Crippen LogP contribution in [0, 0.1) is 0 Å². The Morgan fingerprint density at radius 3 is 2.53 bits per heavy atom. The van der Waals surface area contributed by atoms with E-state index in [0.29, 0.717) is 27.9 Å². The molecule has 0 unspecified atom stereocenters. The predicted molar refractivity (Wildman–Crippen MR) is 122 cm³/mol. The molecule has 32 heavy (non-hydrogen) atoms. The number of hydrogen-bond donors (Lipinski definition) is 1. The predicted octanol–water partition coefficient (Wildman–Crippen LogP) is 3.80. The summed E-state index contributed by atoms with van der Waals surface area (Å²) in [5.74, 6) is -0.524. The Kier molecular flexibility index (Phi) is 5.15. The first-order valence-corrected chi connectivity index (χ1v) is 12.3. The second-order valence-electron chi connectivity index (χ2n) is 9.58. The van der Waals surface area contributed by atoms with Crippen LogP contribution in [0.3, 0.4) is 0 Å². The number of nitrogens with zero attached hydrogens (tertiary/aromatic N) is 3. The summed E-state index contributed by atoms with van der Waals surface area (Å²) >= 11 is 0. The Labute approximate surface area is 187 Å². The Bertz CT molecular complexity index is 1310. The van der Waals surface area contributed by atoms with E-state index in [1.54, 1.807) is 35.9 Å². The van der Waals surface area contributed by atoms with E-state index in [1.165, 1.54) is 20.0 Å². The van der Waals surface area contributed by atoms with Crippen LogP contribution in [0.25, 0.3) is 22.3 Å². The third kappa shape index (κ3) is 4.13. The summed E-state index contributed by atoms with van der Waals surface area (Å²) in [6, 6.07) is 8.88. The van der Waals surface area contributed by atoms with Gasteiger partial charge in [0.05, 0.1) is 28.1 Å². The molecule has 0 aliphatic carbocycles. The molecule has 1 aliphatic rings. The van der Waals surface area contributed by atoms with Gasteiger partial charge in [-0.15, -0.1) is 0 Å². The second-order valence-corrected chi connectivity index (χ2v) is 11.6. The maximum Gasteiger partial charge on any atom is 0.253 e. The second kappa shape index (κ2) is 7.37. The highest BCUT2D eigenvalue weighted by Crippen LogP contribution is 2.33. The topological polar surface area (TPSA) is 93.9 Å². The number of rotatable bonds is 5. The lowest BCUT2D eigenvalue weighted by Gasteiger charge is -2.38. The third-order valence-electron chi connectivity index (χ3n) is 5.61. The molecule has 1 N–H and O–H groups in total. The molecule has 1 aliphatic heterocycles. The molecule has 0 bridgehead atoms. The minimum absolute atomic E-state index is 0.00134. The van der Waals surface area contributed by atoms with Crippen molar-refractivity contribution >= 4 is 26.8 Å². The van der Waals surface area contributed by atoms with E-state index in [-0.39, 0.29) is 23.5 Å². The molecule has 2 aromatic heterocycles. The number of nitrogens with one attached hydrogen (secondary N) is 1. The smallest absolute Gasteiger partial charge is 0.253 e. The normalized spacial score (nSPS) is 17.3. The molecule has 0 saturated carbocycles. The van der Waals surface area contributed by atoms with E-state index in [9.17, 15) is 17.6 Å². The summed E-state index contributed by atoms with van der Waals surface area (Å²) in [6.45, 7) is 8.68. The molecular formula is C23H27FN4O3S. The molecule has 3 heterocycles. The Morgan fingerprint density at radius 1 is 1.25 bits per heavy atom. The van der Waals surface area contributed by atoms with Gasteiger partial charge in [-0.25, -0.2) is 12.8 Å². The molecule has 0 spiro atoms. The van der Waals surface area contributed by atoms with Gasteiger partial charge in [-0.1, -0.05) is 18.2 Å². The van der Waals surface area contributed by atoms with Crippen molar-refractivity contribution in [2.45, 2.75) is 51.9 Å². The molecule has 0 radical (unpaired) electrons. The van der Waals surface area contributed by atoms with Crippen LogP contribution in [0.2, 0.25) is 0 Å². The lowest BCUT2D eigenvalue weighted by atomic mass is 9.97. The van der Waals surface area contributed by atoms with E-state index in [0.717, 1.165) is 5.56 Å². The van der Waals surface area contributed by atoms with E-state index >= 15 is 0 Å². The molecule has 9 heteroatoms. The first-order valence-electron chi connectivity index (χ1n) is 10.5. The molecule has 1 aromatic carbocycles. The number of fused-ring (bicyclic) bond motifs is 1. The number of carbonyl (C=O) groups excluding carboxylic acids is 1. The minimum Gasteiger partial charge on any atom is -0.345 e. The van der Waals surface area contributed by atoms with Crippen molar-refractivity contribution in [1.29, 1.82) is 0 Å². The molecule has 170 valence electrons. The van der Waals surface area contributed by atoms with Crippen LogP contribution >= 0.6 is 0 Å². The third-order valence-corrected chi connectivity index (χ3v) is 7.77. The SMILES string of the molecule is CC(C)n1nc(-c2cccc(C(C)(C)F)c2)c2ncc(C(=O)NC3(C)CS(=O)(=O)C3)cc21. The van der Waals surface area contributed by atoms with Gasteiger partial charge < -0.3 is 5.32 Å². The van der Waals surface area contributed by atoms with E-state index < -0.39 is 21.0 Å². The van der Waals surface area contributed by atoms with Crippen LogP contribution in [0.4, 0.5) is 4.39 Å². The van der Waals surface area contributed by atoms with E-state index in [4.69, 9.17) is 5.10 Å². The van der Waals surface area contributed by atoms with Gasteiger partial charge in [-0.05, 0) is 52.3 Å². The average Bonchev–Trinajstić information content (AvgIpc) is 3.04. The van der Waals surface area contributed by atoms with Crippen LogP contribution in [0.5, 0.6) is 0 Å². The van der Waals surface area contributed by atoms with Crippen molar-refractivity contribution in [1.82, 2.24) is 20.1 Å². The number of pyridine rings is 1. The standard InChI is InChI=1S/C23H27FN4O3S/c1-14(2)28-18-10-16(21(29)26-23(5)12-32(30,31)13-23)11-25-20(18)19(27-28)15-7-6-8-17(9-15)22(3,4)24/h6-11,14H,12-13H2,1-5H3,(H,26,29). The van der Waals surface area contributed by atoms with E-state index in [1.807, 2.05) is 19.9 Å². The van der Waals surface area contributed by atoms with Crippen molar-refractivity contribution in [3.63, 3.8) is 0 Å². The largest absolute Gasteiger partial charge is 0.345 e. The molecular weight excluding hydrogens is 431 g/mol.